The van der Waals surface area contributed by atoms with Crippen LogP contribution in [0.25, 0.3) is 5.76 Å². The van der Waals surface area contributed by atoms with Crippen LogP contribution in [0.15, 0.2) is 23.8 Å². The number of benzene rings is 1. The van der Waals surface area contributed by atoms with Crippen LogP contribution in [0.5, 0.6) is 5.75 Å². The Balaban J connectivity index is 1.64. The number of methoxy groups -OCH3 is 1. The van der Waals surface area contributed by atoms with Crippen molar-refractivity contribution in [1.82, 2.24) is 0 Å². The lowest BCUT2D eigenvalue weighted by Gasteiger charge is -2.40. The third kappa shape index (κ3) is 6.99. The molecule has 4 rings (SSSR count). The molecule has 1 aromatic rings. The molecule has 0 amide bonds. The Morgan fingerprint density at radius 1 is 1.10 bits per heavy atom. The average Bonchev–Trinajstić information content (AvgIpc) is 3.21. The predicted molar refractivity (Wildman–Crippen MR) is 160 cm³/mol. The molecule has 218 valence electrons. The Hall–Kier alpha value is -1.63. The first-order valence-electron chi connectivity index (χ1n) is 15.4. The molecule has 1 saturated carbocycles. The fourth-order valence-electron chi connectivity index (χ4n) is 6.19. The van der Waals surface area contributed by atoms with E-state index in [0.29, 0.717) is 12.2 Å². The minimum absolute atomic E-state index is 0.0584. The lowest BCUT2D eigenvalue weighted by Crippen LogP contribution is -2.41. The number of ether oxygens (including phenoxy) is 3. The number of carbonyl (C=O) groups excluding carboxylic acids is 1. The van der Waals surface area contributed by atoms with E-state index in [0.717, 1.165) is 68.6 Å². The second-order valence-electron chi connectivity index (χ2n) is 13.4. The average molecular weight is 557 g/mol. The van der Waals surface area contributed by atoms with Gasteiger partial charge in [0, 0.05) is 30.1 Å². The van der Waals surface area contributed by atoms with Crippen LogP contribution in [0.3, 0.4) is 0 Å². The van der Waals surface area contributed by atoms with Crippen molar-refractivity contribution in [2.75, 3.05) is 13.7 Å². The fraction of sp³-hybridized carbons (Fsp3) is 0.727. The van der Waals surface area contributed by atoms with Gasteiger partial charge in [0.05, 0.1) is 13.2 Å². The number of allylic oxidation sites excluding steroid dienone is 1. The van der Waals surface area contributed by atoms with Crippen LogP contribution < -0.4 is 4.74 Å². The zero-order chi connectivity index (χ0) is 28.2. The van der Waals surface area contributed by atoms with Crippen molar-refractivity contribution in [3.8, 4) is 5.75 Å². The number of hydrogen-bond donors (Lipinski definition) is 0. The summed E-state index contributed by atoms with van der Waals surface area (Å²) in [6, 6.07) is 6.26. The maximum atomic E-state index is 13.6. The van der Waals surface area contributed by atoms with Crippen molar-refractivity contribution in [2.24, 2.45) is 11.8 Å². The summed E-state index contributed by atoms with van der Waals surface area (Å²) in [7, 11) is -0.411. The summed E-state index contributed by atoms with van der Waals surface area (Å²) in [4.78, 5) is 13.6. The van der Waals surface area contributed by atoms with Gasteiger partial charge in [-0.3, -0.25) is 4.79 Å². The predicted octanol–water partition coefficient (Wildman–Crippen LogP) is 8.46. The first kappa shape index (κ1) is 30.3. The smallest absolute Gasteiger partial charge is 0.250 e. The molecule has 1 saturated heterocycles. The fourth-order valence-corrected chi connectivity index (χ4v) is 7.23. The van der Waals surface area contributed by atoms with Crippen molar-refractivity contribution < 1.29 is 23.4 Å². The Kier molecular flexibility index (Phi) is 10.0. The molecule has 1 aromatic carbocycles. The third-order valence-electron chi connectivity index (χ3n) is 9.51. The SMILES string of the molecule is CCCCC[C@@H](CCC1C(=O)C[C@@H]2Cc3c(OC)cccc3C(O[Si](C)(C)C(C)(C)C)=C12)OC1CCCCO1. The van der Waals surface area contributed by atoms with Crippen molar-refractivity contribution in [2.45, 2.75) is 129 Å². The molecule has 6 heteroatoms. The molecule has 2 aliphatic carbocycles. The lowest BCUT2D eigenvalue weighted by atomic mass is 9.80. The van der Waals surface area contributed by atoms with Gasteiger partial charge in [0.1, 0.15) is 17.3 Å². The summed E-state index contributed by atoms with van der Waals surface area (Å²) < 4.78 is 25.4. The second-order valence-corrected chi connectivity index (χ2v) is 18.1. The van der Waals surface area contributed by atoms with E-state index in [1.165, 1.54) is 30.4 Å². The van der Waals surface area contributed by atoms with Gasteiger partial charge < -0.3 is 18.6 Å². The molecule has 5 nitrogen and oxygen atoms in total. The van der Waals surface area contributed by atoms with E-state index in [-0.39, 0.29) is 29.3 Å². The Morgan fingerprint density at radius 2 is 1.90 bits per heavy atom. The maximum absolute atomic E-state index is 13.6. The van der Waals surface area contributed by atoms with Gasteiger partial charge in [-0.2, -0.15) is 0 Å². The van der Waals surface area contributed by atoms with E-state index in [2.05, 4.69) is 52.9 Å². The number of unbranched alkanes of at least 4 members (excludes halogenated alkanes) is 2. The molecule has 4 atom stereocenters. The van der Waals surface area contributed by atoms with E-state index < -0.39 is 8.32 Å². The molecule has 39 heavy (non-hydrogen) atoms. The molecule has 0 spiro atoms. The number of Topliss-reactive ketones (excluding diaryl/α,β-unsaturated/α-hetero) is 1. The van der Waals surface area contributed by atoms with Crippen LogP contribution in [0.2, 0.25) is 18.1 Å². The van der Waals surface area contributed by atoms with Crippen LogP contribution in [0.4, 0.5) is 0 Å². The van der Waals surface area contributed by atoms with Crippen LogP contribution in [0, 0.1) is 11.8 Å². The molecule has 0 bridgehead atoms. The van der Waals surface area contributed by atoms with E-state index in [4.69, 9.17) is 18.6 Å². The van der Waals surface area contributed by atoms with Gasteiger partial charge in [-0.25, -0.2) is 0 Å². The molecular weight excluding hydrogens is 504 g/mol. The molecule has 0 N–H and O–H groups in total. The summed E-state index contributed by atoms with van der Waals surface area (Å²) in [6.45, 7) is 14.5. The van der Waals surface area contributed by atoms with Gasteiger partial charge in [-0.1, -0.05) is 59.1 Å². The van der Waals surface area contributed by atoms with Crippen molar-refractivity contribution in [3.63, 3.8) is 0 Å². The van der Waals surface area contributed by atoms with Crippen LogP contribution >= 0.6 is 0 Å². The monoisotopic (exact) mass is 556 g/mol. The summed E-state index contributed by atoms with van der Waals surface area (Å²) >= 11 is 0. The molecular formula is C33H52O5Si. The van der Waals surface area contributed by atoms with E-state index in [9.17, 15) is 4.79 Å². The number of rotatable bonds is 12. The van der Waals surface area contributed by atoms with Crippen molar-refractivity contribution in [3.05, 3.63) is 34.9 Å². The topological polar surface area (TPSA) is 54.0 Å². The molecule has 0 radical (unpaired) electrons. The van der Waals surface area contributed by atoms with Crippen LogP contribution in [-0.4, -0.2) is 40.2 Å². The normalized spacial score (nSPS) is 24.4. The number of ketones is 1. The van der Waals surface area contributed by atoms with E-state index in [1.807, 2.05) is 6.07 Å². The van der Waals surface area contributed by atoms with Gasteiger partial charge in [0.15, 0.2) is 6.29 Å². The molecule has 0 aromatic heterocycles. The standard InChI is InChI=1S/C33H52O5Si/c1-8-9-10-14-24(37-30-17-11-12-20-36-30)18-19-26-28(34)22-23-21-27-25(15-13-16-29(27)35-5)32(31(23)26)38-39(6,7)33(2,3)4/h13,15-16,23-24,26,30H,8-12,14,17-22H2,1-7H3/t23-,24-,26?,30?/m0/s1. The van der Waals surface area contributed by atoms with Gasteiger partial charge in [-0.05, 0) is 80.6 Å². The molecule has 1 aliphatic heterocycles. The van der Waals surface area contributed by atoms with E-state index >= 15 is 0 Å². The van der Waals surface area contributed by atoms with Gasteiger partial charge in [0.25, 0.3) is 8.32 Å². The molecule has 1 heterocycles. The lowest BCUT2D eigenvalue weighted by molar-refractivity contribution is -0.191. The summed E-state index contributed by atoms with van der Waals surface area (Å²) in [5.74, 6) is 2.32. The number of fused-ring (bicyclic) bond motifs is 2. The summed E-state index contributed by atoms with van der Waals surface area (Å²) in [5.41, 5.74) is 3.55. The highest BCUT2D eigenvalue weighted by atomic mass is 28.4. The minimum atomic E-state index is -2.15. The van der Waals surface area contributed by atoms with Gasteiger partial charge in [-0.15, -0.1) is 0 Å². The zero-order valence-corrected chi connectivity index (χ0v) is 26.6. The molecule has 2 unspecified atom stereocenters. The van der Waals surface area contributed by atoms with Crippen molar-refractivity contribution in [1.29, 1.82) is 0 Å². The highest BCUT2D eigenvalue weighted by Crippen LogP contribution is 2.51. The largest absolute Gasteiger partial charge is 0.543 e. The summed E-state index contributed by atoms with van der Waals surface area (Å²) in [6.07, 6.45) is 11.0. The molecule has 2 fully saturated rings. The third-order valence-corrected chi connectivity index (χ3v) is 13.8. The Labute approximate surface area is 238 Å². The van der Waals surface area contributed by atoms with Gasteiger partial charge in [0.2, 0.25) is 0 Å². The van der Waals surface area contributed by atoms with Crippen molar-refractivity contribution >= 4 is 19.9 Å². The highest BCUT2D eigenvalue weighted by molar-refractivity contribution is 6.74. The molecule has 3 aliphatic rings. The van der Waals surface area contributed by atoms with Crippen LogP contribution in [0.1, 0.15) is 103 Å². The summed E-state index contributed by atoms with van der Waals surface area (Å²) in [5, 5.41) is 0.0584. The van der Waals surface area contributed by atoms with E-state index in [1.54, 1.807) is 7.11 Å². The van der Waals surface area contributed by atoms with Gasteiger partial charge >= 0.3 is 0 Å². The highest BCUT2D eigenvalue weighted by Gasteiger charge is 2.47. The number of hydrogen-bond acceptors (Lipinski definition) is 5. The Morgan fingerprint density at radius 3 is 2.56 bits per heavy atom. The quantitative estimate of drug-likeness (QED) is 0.191. The second kappa shape index (κ2) is 12.9. The Bertz CT molecular complexity index is 1020. The first-order chi connectivity index (χ1) is 18.6. The first-order valence-corrected chi connectivity index (χ1v) is 18.4. The van der Waals surface area contributed by atoms with Crippen LogP contribution in [-0.2, 0) is 25.1 Å². The minimum Gasteiger partial charge on any atom is -0.543 e. The zero-order valence-electron chi connectivity index (χ0n) is 25.6. The maximum Gasteiger partial charge on any atom is 0.250 e. The number of carbonyl (C=O) groups is 1.